The zero-order chi connectivity index (χ0) is 12.3. The van der Waals surface area contributed by atoms with Crippen molar-refractivity contribution < 1.29 is 5.11 Å². The number of aromatic nitrogens is 1. The molecule has 1 heterocycles. The minimum atomic E-state index is -0.399. The number of hydrogen-bond donors (Lipinski definition) is 1. The first kappa shape index (κ1) is 12.8. The van der Waals surface area contributed by atoms with Crippen molar-refractivity contribution in [2.75, 3.05) is 11.9 Å². The molecule has 0 amide bonds. The predicted octanol–water partition coefficient (Wildman–Crippen LogP) is 3.36. The topological polar surface area (TPSA) is 36.4 Å². The summed E-state index contributed by atoms with van der Waals surface area (Å²) >= 11 is 1.61. The molecule has 1 aliphatic rings. The molecule has 17 heavy (non-hydrogen) atoms. The summed E-state index contributed by atoms with van der Waals surface area (Å²) in [6.45, 7) is 1.79. The zero-order valence-corrected chi connectivity index (χ0v) is 11.5. The first-order chi connectivity index (χ1) is 8.18. The predicted molar refractivity (Wildman–Crippen MR) is 72.6 cm³/mol. The lowest BCUT2D eigenvalue weighted by Crippen LogP contribution is -2.30. The van der Waals surface area contributed by atoms with E-state index >= 15 is 0 Å². The third kappa shape index (κ3) is 3.19. The van der Waals surface area contributed by atoms with Crippen LogP contribution in [0.15, 0.2) is 6.20 Å². The molecule has 1 unspecified atom stereocenters. The maximum atomic E-state index is 9.53. The van der Waals surface area contributed by atoms with Crippen molar-refractivity contribution in [3.05, 3.63) is 11.1 Å². The summed E-state index contributed by atoms with van der Waals surface area (Å²) in [6.07, 6.45) is 9.39. The number of thiazole rings is 1. The fourth-order valence-corrected chi connectivity index (χ4v) is 3.32. The van der Waals surface area contributed by atoms with Gasteiger partial charge in [0.2, 0.25) is 0 Å². The van der Waals surface area contributed by atoms with E-state index in [2.05, 4.69) is 16.9 Å². The fraction of sp³-hybridized carbons (Fsp3) is 0.769. The van der Waals surface area contributed by atoms with E-state index in [1.807, 2.05) is 0 Å². The van der Waals surface area contributed by atoms with Crippen LogP contribution in [0.4, 0.5) is 5.13 Å². The maximum absolute atomic E-state index is 9.53. The Morgan fingerprint density at radius 2 is 2.00 bits per heavy atom. The van der Waals surface area contributed by atoms with E-state index < -0.39 is 6.10 Å². The molecular weight excluding hydrogens is 232 g/mol. The zero-order valence-electron chi connectivity index (χ0n) is 10.7. The summed E-state index contributed by atoms with van der Waals surface area (Å²) in [5.74, 6) is 0. The number of rotatable bonds is 3. The third-order valence-corrected chi connectivity index (χ3v) is 4.86. The Bertz CT molecular complexity index is 343. The van der Waals surface area contributed by atoms with E-state index in [1.165, 1.54) is 38.5 Å². The molecule has 1 atom stereocenters. The van der Waals surface area contributed by atoms with Crippen molar-refractivity contribution in [2.45, 2.75) is 57.6 Å². The number of nitrogens with zero attached hydrogens (tertiary/aromatic N) is 2. The monoisotopic (exact) mass is 254 g/mol. The van der Waals surface area contributed by atoms with Gasteiger partial charge in [-0.15, -0.1) is 0 Å². The second-order valence-corrected chi connectivity index (χ2v) is 6.02. The van der Waals surface area contributed by atoms with E-state index in [1.54, 1.807) is 24.5 Å². The van der Waals surface area contributed by atoms with Gasteiger partial charge < -0.3 is 10.0 Å². The molecule has 96 valence electrons. The van der Waals surface area contributed by atoms with Crippen LogP contribution in [-0.2, 0) is 0 Å². The molecule has 0 aliphatic heterocycles. The summed E-state index contributed by atoms with van der Waals surface area (Å²) < 4.78 is 0. The lowest BCUT2D eigenvalue weighted by molar-refractivity contribution is 0.203. The van der Waals surface area contributed by atoms with Crippen LogP contribution in [0, 0.1) is 0 Å². The average molecular weight is 254 g/mol. The van der Waals surface area contributed by atoms with Crippen LogP contribution in [0.2, 0.25) is 0 Å². The van der Waals surface area contributed by atoms with Crippen molar-refractivity contribution >= 4 is 16.5 Å². The summed E-state index contributed by atoms with van der Waals surface area (Å²) in [6, 6.07) is 0.630. The van der Waals surface area contributed by atoms with E-state index in [9.17, 15) is 5.11 Å². The van der Waals surface area contributed by atoms with Gasteiger partial charge in [-0.25, -0.2) is 4.98 Å². The SMILES string of the molecule is CC(O)c1cnc(N(C)C2CCCCCC2)s1. The van der Waals surface area contributed by atoms with Gasteiger partial charge >= 0.3 is 0 Å². The van der Waals surface area contributed by atoms with Crippen LogP contribution in [-0.4, -0.2) is 23.2 Å². The van der Waals surface area contributed by atoms with Gasteiger partial charge in [0.1, 0.15) is 0 Å². The molecule has 1 aromatic heterocycles. The lowest BCUT2D eigenvalue weighted by atomic mass is 10.1. The van der Waals surface area contributed by atoms with E-state index in [0.717, 1.165) is 10.0 Å². The fourth-order valence-electron chi connectivity index (χ4n) is 2.43. The molecule has 3 nitrogen and oxygen atoms in total. The smallest absolute Gasteiger partial charge is 0.185 e. The standard InChI is InChI=1S/C13H22N2OS/c1-10(16)12-9-14-13(17-12)15(2)11-7-5-3-4-6-8-11/h9-11,16H,3-8H2,1-2H3. The molecule has 0 radical (unpaired) electrons. The van der Waals surface area contributed by atoms with E-state index in [4.69, 9.17) is 0 Å². The highest BCUT2D eigenvalue weighted by Gasteiger charge is 2.20. The summed E-state index contributed by atoms with van der Waals surface area (Å²) in [4.78, 5) is 7.69. The Hall–Kier alpha value is -0.610. The number of hydrogen-bond acceptors (Lipinski definition) is 4. The molecule has 0 aromatic carbocycles. The molecule has 1 N–H and O–H groups in total. The van der Waals surface area contributed by atoms with Crippen LogP contribution in [0.3, 0.4) is 0 Å². The van der Waals surface area contributed by atoms with Crippen LogP contribution in [0.5, 0.6) is 0 Å². The first-order valence-corrected chi connectivity index (χ1v) is 7.36. The van der Waals surface area contributed by atoms with Crippen molar-refractivity contribution in [3.8, 4) is 0 Å². The highest BCUT2D eigenvalue weighted by atomic mass is 32.1. The number of anilines is 1. The van der Waals surface area contributed by atoms with Gasteiger partial charge in [-0.3, -0.25) is 0 Å². The van der Waals surface area contributed by atoms with Gasteiger partial charge in [0.15, 0.2) is 5.13 Å². The minimum Gasteiger partial charge on any atom is -0.388 e. The van der Waals surface area contributed by atoms with Gasteiger partial charge in [0.25, 0.3) is 0 Å². The Kier molecular flexibility index (Phi) is 4.40. The Balaban J connectivity index is 2.03. The number of aliphatic hydroxyl groups excluding tert-OH is 1. The van der Waals surface area contributed by atoms with Gasteiger partial charge in [-0.05, 0) is 19.8 Å². The lowest BCUT2D eigenvalue weighted by Gasteiger charge is -2.26. The van der Waals surface area contributed by atoms with E-state index in [0.29, 0.717) is 6.04 Å². The summed E-state index contributed by atoms with van der Waals surface area (Å²) in [5, 5.41) is 10.6. The minimum absolute atomic E-state index is 0.399. The highest BCUT2D eigenvalue weighted by molar-refractivity contribution is 7.15. The molecule has 0 bridgehead atoms. The molecule has 4 heteroatoms. The molecule has 0 spiro atoms. The molecule has 1 aliphatic carbocycles. The second-order valence-electron chi connectivity index (χ2n) is 4.98. The third-order valence-electron chi connectivity index (χ3n) is 3.60. The Labute approximate surface area is 107 Å². The van der Waals surface area contributed by atoms with Crippen LogP contribution < -0.4 is 4.90 Å². The normalized spacial score (nSPS) is 19.9. The second kappa shape index (κ2) is 5.83. The highest BCUT2D eigenvalue weighted by Crippen LogP contribution is 2.30. The van der Waals surface area contributed by atoms with Crippen molar-refractivity contribution in [1.82, 2.24) is 4.98 Å². The number of aliphatic hydroxyl groups is 1. The van der Waals surface area contributed by atoms with Gasteiger partial charge in [-0.1, -0.05) is 37.0 Å². The molecule has 2 rings (SSSR count). The average Bonchev–Trinajstić information content (AvgIpc) is 2.65. The van der Waals surface area contributed by atoms with Crippen LogP contribution in [0.25, 0.3) is 0 Å². The molecular formula is C13H22N2OS. The van der Waals surface area contributed by atoms with Crippen molar-refractivity contribution in [2.24, 2.45) is 0 Å². The largest absolute Gasteiger partial charge is 0.388 e. The Morgan fingerprint density at radius 3 is 2.53 bits per heavy atom. The molecule has 0 saturated heterocycles. The van der Waals surface area contributed by atoms with Gasteiger partial charge in [0.05, 0.1) is 11.0 Å². The van der Waals surface area contributed by atoms with Crippen molar-refractivity contribution in [1.29, 1.82) is 0 Å². The molecule has 1 aromatic rings. The Morgan fingerprint density at radius 1 is 1.35 bits per heavy atom. The van der Waals surface area contributed by atoms with Crippen LogP contribution >= 0.6 is 11.3 Å². The summed E-state index contributed by atoms with van der Waals surface area (Å²) in [5.41, 5.74) is 0. The quantitative estimate of drug-likeness (QED) is 0.840. The first-order valence-electron chi connectivity index (χ1n) is 6.55. The summed E-state index contributed by atoms with van der Waals surface area (Å²) in [7, 11) is 2.14. The van der Waals surface area contributed by atoms with Crippen LogP contribution in [0.1, 0.15) is 56.4 Å². The van der Waals surface area contributed by atoms with Gasteiger partial charge in [0, 0.05) is 19.3 Å². The van der Waals surface area contributed by atoms with Gasteiger partial charge in [-0.2, -0.15) is 0 Å². The van der Waals surface area contributed by atoms with E-state index in [-0.39, 0.29) is 0 Å². The van der Waals surface area contributed by atoms with Crippen molar-refractivity contribution in [3.63, 3.8) is 0 Å². The molecule has 1 saturated carbocycles. The maximum Gasteiger partial charge on any atom is 0.185 e. The molecule has 1 fully saturated rings.